The van der Waals surface area contributed by atoms with E-state index in [1.807, 2.05) is 172 Å². The molecule has 0 atom stereocenters. The highest BCUT2D eigenvalue weighted by Crippen LogP contribution is 2.50. The Labute approximate surface area is 618 Å². The maximum atomic E-state index is 9.50. The molecule has 2 aliphatic rings. The zero-order valence-electron chi connectivity index (χ0n) is 78.3. The summed E-state index contributed by atoms with van der Waals surface area (Å²) in [7, 11) is 0. The third kappa shape index (κ3) is 14.5. The first-order valence-electron chi connectivity index (χ1n) is 42.3. The minimum absolute atomic E-state index is 0.0143. The molecule has 98 heavy (non-hydrogen) atoms. The lowest BCUT2D eigenvalue weighted by Crippen LogP contribution is -2.61. The summed E-state index contributed by atoms with van der Waals surface area (Å²) in [5.74, 6) is 0. The summed E-state index contributed by atoms with van der Waals surface area (Å²) in [5.41, 5.74) is 9.83. The summed E-state index contributed by atoms with van der Waals surface area (Å²) in [6.07, 6.45) is 0. The summed E-state index contributed by atoms with van der Waals surface area (Å²) in [4.78, 5) is 7.03. The molecule has 0 bridgehead atoms. The van der Waals surface area contributed by atoms with Gasteiger partial charge in [-0.15, -0.1) is 0 Å². The van der Waals surface area contributed by atoms with Crippen LogP contribution >= 0.6 is 11.6 Å². The van der Waals surface area contributed by atoms with Crippen LogP contribution in [0.15, 0.2) is 218 Å². The van der Waals surface area contributed by atoms with Gasteiger partial charge in [-0.05, 0) is 213 Å². The van der Waals surface area contributed by atoms with Crippen LogP contribution in [0.2, 0.25) is 5.02 Å². The maximum Gasteiger partial charge on any atom is 0.252 e. The van der Waals surface area contributed by atoms with Crippen LogP contribution in [-0.2, 0) is 43.3 Å². The molecular formula is C92H108BClN4. The van der Waals surface area contributed by atoms with E-state index in [2.05, 4.69) is 107 Å². The Bertz CT molecular complexity index is 5080. The molecule has 12 rings (SSSR count). The second-order valence-corrected chi connectivity index (χ2v) is 35.0. The summed E-state index contributed by atoms with van der Waals surface area (Å²) in [6.45, 7) is 47.9. The number of rotatable bonds is 8. The van der Waals surface area contributed by atoms with Crippen molar-refractivity contribution in [3.63, 3.8) is 0 Å². The first-order valence-corrected chi connectivity index (χ1v) is 34.7. The van der Waals surface area contributed by atoms with Gasteiger partial charge >= 0.3 is 0 Å². The van der Waals surface area contributed by atoms with Gasteiger partial charge in [-0.1, -0.05) is 287 Å². The lowest BCUT2D eigenvalue weighted by Gasteiger charge is -2.45. The third-order valence-electron chi connectivity index (χ3n) is 18.5. The Morgan fingerprint density at radius 2 is 0.551 bits per heavy atom. The molecule has 0 amide bonds. The van der Waals surface area contributed by atoms with Crippen molar-refractivity contribution in [1.29, 1.82) is 0 Å². The molecule has 0 N–H and O–H groups in total. The van der Waals surface area contributed by atoms with Crippen LogP contribution in [0.25, 0.3) is 0 Å². The zero-order chi connectivity index (χ0) is 85.1. The molecular weight excluding hydrogens is 1210 g/mol. The van der Waals surface area contributed by atoms with Gasteiger partial charge in [0.25, 0.3) is 6.71 Å². The lowest BCUT2D eigenvalue weighted by molar-refractivity contribution is 0.590. The van der Waals surface area contributed by atoms with Crippen LogP contribution < -0.4 is 36.0 Å². The van der Waals surface area contributed by atoms with E-state index in [4.69, 9.17) is 17.1 Å². The largest absolute Gasteiger partial charge is 0.311 e. The number of anilines is 12. The summed E-state index contributed by atoms with van der Waals surface area (Å²) >= 11 is 7.57. The van der Waals surface area contributed by atoms with Crippen LogP contribution in [-0.4, -0.2) is 6.71 Å². The van der Waals surface area contributed by atoms with Crippen molar-refractivity contribution in [2.75, 3.05) is 19.6 Å². The maximum absolute atomic E-state index is 9.50. The van der Waals surface area contributed by atoms with Gasteiger partial charge in [-0.25, -0.2) is 0 Å². The predicted octanol–water partition coefficient (Wildman–Crippen LogP) is 25.4. The van der Waals surface area contributed by atoms with Crippen molar-refractivity contribution in [3.8, 4) is 0 Å². The molecule has 0 saturated heterocycles. The number of halogens is 1. The van der Waals surface area contributed by atoms with Gasteiger partial charge in [0, 0.05) is 56.9 Å². The van der Waals surface area contributed by atoms with Crippen molar-refractivity contribution >= 4 is 103 Å². The average molecular weight is 1330 g/mol. The van der Waals surface area contributed by atoms with E-state index < -0.39 is 21.7 Å². The van der Waals surface area contributed by atoms with Gasteiger partial charge in [0.15, 0.2) is 0 Å². The first-order chi connectivity index (χ1) is 52.3. The molecule has 2 heterocycles. The van der Waals surface area contributed by atoms with Crippen molar-refractivity contribution in [3.05, 3.63) is 268 Å². The van der Waals surface area contributed by atoms with Crippen molar-refractivity contribution in [2.24, 2.45) is 0 Å². The lowest BCUT2D eigenvalue weighted by atomic mass is 9.33. The van der Waals surface area contributed by atoms with Gasteiger partial charge < -0.3 is 19.6 Å². The van der Waals surface area contributed by atoms with Gasteiger partial charge in [-0.2, -0.15) is 0 Å². The normalized spacial score (nSPS) is 15.8. The van der Waals surface area contributed by atoms with Crippen LogP contribution in [0.1, 0.15) is 233 Å². The topological polar surface area (TPSA) is 13.0 Å². The second kappa shape index (κ2) is 25.8. The zero-order valence-corrected chi connectivity index (χ0v) is 63.0. The Hall–Kier alpha value is -8.25. The van der Waals surface area contributed by atoms with E-state index in [1.54, 1.807) is 28.0 Å². The van der Waals surface area contributed by atoms with Gasteiger partial charge in [0.05, 0.1) is 38.3 Å². The predicted molar refractivity (Wildman–Crippen MR) is 431 cm³/mol. The van der Waals surface area contributed by atoms with Gasteiger partial charge in [0.2, 0.25) is 0 Å². The number of fused-ring (bicyclic) bond motifs is 4. The van der Waals surface area contributed by atoms with E-state index in [9.17, 15) is 16.4 Å². The SMILES string of the molecule is [2H]c1c([2H])c(C(C)(C)C)c([2H])c([2H])c1N(c1ccc(C(C)(C)C)cc1)c1cccc(N(c2ccc(C(C)(C)C)cc2)c2c([2H])c([2H])c(C(C)(C)C)c([2H])c2[2H])c1Cl.[2H]c1c([2H])c(C(C)(C)C)c([2H])c([2H])c1N1c2ccc(C(C)(C)C)cc2B2c3cc(C(C)(C)C)ccc3N(c3c([2H])c([2H])c(C(C)(C)C)c([2H])c3[2H])c3cccc1c32. The van der Waals surface area contributed by atoms with E-state index in [1.165, 1.54) is 0 Å². The highest BCUT2D eigenvalue weighted by Gasteiger charge is 2.44. The molecule has 6 heteroatoms. The van der Waals surface area contributed by atoms with Crippen molar-refractivity contribution in [2.45, 2.75) is 209 Å². The van der Waals surface area contributed by atoms with Crippen LogP contribution in [0.3, 0.4) is 0 Å². The van der Waals surface area contributed by atoms with Gasteiger partial charge in [-0.3, -0.25) is 0 Å². The highest BCUT2D eigenvalue weighted by molar-refractivity contribution is 7.00. The molecule has 10 aromatic carbocycles. The number of hydrogen-bond donors (Lipinski definition) is 0. The minimum Gasteiger partial charge on any atom is -0.311 e. The van der Waals surface area contributed by atoms with E-state index in [0.717, 1.165) is 50.0 Å². The highest BCUT2D eigenvalue weighted by atomic mass is 35.5. The van der Waals surface area contributed by atoms with Crippen LogP contribution in [0.5, 0.6) is 0 Å². The summed E-state index contributed by atoms with van der Waals surface area (Å²) in [5, 5.41) is 0.130. The van der Waals surface area contributed by atoms with Gasteiger partial charge in [0.1, 0.15) is 0 Å². The molecule has 0 radical (unpaired) electrons. The van der Waals surface area contributed by atoms with E-state index >= 15 is 0 Å². The molecule has 506 valence electrons. The fourth-order valence-electron chi connectivity index (χ4n) is 12.4. The Morgan fingerprint density at radius 3 is 0.837 bits per heavy atom. The summed E-state index contributed by atoms with van der Waals surface area (Å²) < 4.78 is 149. The number of benzene rings is 10. The van der Waals surface area contributed by atoms with Crippen molar-refractivity contribution in [1.82, 2.24) is 0 Å². The molecule has 10 aromatic rings. The molecule has 0 spiro atoms. The Balaban J connectivity index is 0.000000225. The molecule has 0 saturated carbocycles. The Morgan fingerprint density at radius 1 is 0.286 bits per heavy atom. The van der Waals surface area contributed by atoms with E-state index in [0.29, 0.717) is 56.4 Å². The molecule has 0 aromatic heterocycles. The quantitative estimate of drug-likeness (QED) is 0.141. The Kier molecular flexibility index (Phi) is 13.9. The fourth-order valence-corrected chi connectivity index (χ4v) is 12.7. The second-order valence-electron chi connectivity index (χ2n) is 34.6. The molecule has 4 nitrogen and oxygen atoms in total. The smallest absolute Gasteiger partial charge is 0.252 e. The molecule has 0 aliphatic carbocycles. The van der Waals surface area contributed by atoms with Crippen molar-refractivity contribution < 1.29 is 21.9 Å². The third-order valence-corrected chi connectivity index (χ3v) is 18.9. The fraction of sp³-hybridized carbons (Fsp3) is 0.348. The average Bonchev–Trinajstić information content (AvgIpc) is 0.689. The van der Waals surface area contributed by atoms with E-state index in [-0.39, 0.29) is 153 Å². The van der Waals surface area contributed by atoms with Crippen LogP contribution in [0, 0.1) is 0 Å². The van der Waals surface area contributed by atoms with Crippen LogP contribution in [0.4, 0.5) is 68.2 Å². The monoisotopic (exact) mass is 1330 g/mol. The minimum atomic E-state index is -0.671. The standard InChI is InChI=1S/C46H53BN2.C46H55ClN2/c1-43(2,3)30-16-22-34(23-17-30)48-38-26-20-32(45(7,8)9)28-36(38)47-37-29-33(46(10,11)12)21-27-39(37)49(41-15-13-14-40(48)42(41)47)35-24-18-31(19-25-35)44(4,5)6;1-43(2,3)32-16-24-36(25-17-32)48(37-26-18-33(19-27-37)44(4,5)6)40-14-13-15-41(42(40)47)49(38-28-20-34(21-29-38)45(7,8)9)39-30-22-35(23-31-39)46(10,11)12/h13-29H,1-12H3;13-31H,1-12H3/i16D,17D,18D,19D,22D,23D,24D,25D;16D,17D,20D,21D,24D,25D,28D,29D. The number of nitrogens with zero attached hydrogens (tertiary/aromatic N) is 4. The molecule has 2 aliphatic heterocycles. The molecule has 0 fully saturated rings. The summed E-state index contributed by atoms with van der Waals surface area (Å²) in [6, 6.07) is 36.8. The number of hydrogen-bond acceptors (Lipinski definition) is 4. The molecule has 0 unspecified atom stereocenters. The first kappa shape index (κ1) is 52.8.